The summed E-state index contributed by atoms with van der Waals surface area (Å²) in [6.07, 6.45) is 2.09. The van der Waals surface area contributed by atoms with E-state index in [4.69, 9.17) is 4.74 Å². The summed E-state index contributed by atoms with van der Waals surface area (Å²) in [5.74, 6) is 0.904. The highest BCUT2D eigenvalue weighted by Crippen LogP contribution is 2.47. The summed E-state index contributed by atoms with van der Waals surface area (Å²) in [5, 5.41) is 3.11. The molecule has 0 aliphatic carbocycles. The quantitative estimate of drug-likeness (QED) is 0.533. The SMILES string of the molecule is COc1cccc(CN2CCC3(CC2)CN(C(=O)Nc2ccc(C)cc2)c2ccc(C)cc23)c1. The summed E-state index contributed by atoms with van der Waals surface area (Å²) >= 11 is 0. The predicted molar refractivity (Wildman–Crippen MR) is 138 cm³/mol. The van der Waals surface area contributed by atoms with E-state index in [9.17, 15) is 4.79 Å². The molecule has 5 heteroatoms. The number of fused-ring (bicyclic) bond motifs is 2. The minimum Gasteiger partial charge on any atom is -0.497 e. The number of anilines is 2. The number of nitrogens with one attached hydrogen (secondary N) is 1. The third-order valence-corrected chi connectivity index (χ3v) is 7.38. The topological polar surface area (TPSA) is 44.8 Å². The van der Waals surface area contributed by atoms with Crippen LogP contribution in [0.5, 0.6) is 5.75 Å². The van der Waals surface area contributed by atoms with E-state index in [-0.39, 0.29) is 11.4 Å². The molecular formula is C29H33N3O2. The molecule has 0 radical (unpaired) electrons. The van der Waals surface area contributed by atoms with Crippen LogP contribution in [-0.4, -0.2) is 37.7 Å². The number of carbonyl (C=O) groups excluding carboxylic acids is 1. The van der Waals surface area contributed by atoms with Crippen LogP contribution in [0.25, 0.3) is 0 Å². The van der Waals surface area contributed by atoms with E-state index in [1.807, 2.05) is 35.2 Å². The first-order valence-corrected chi connectivity index (χ1v) is 12.1. The molecule has 5 rings (SSSR count). The number of carbonyl (C=O) groups is 1. The molecule has 0 atom stereocenters. The van der Waals surface area contributed by atoms with E-state index >= 15 is 0 Å². The van der Waals surface area contributed by atoms with Crippen LogP contribution in [0.1, 0.15) is 35.1 Å². The van der Waals surface area contributed by atoms with Gasteiger partial charge in [-0.3, -0.25) is 9.80 Å². The molecule has 5 nitrogen and oxygen atoms in total. The third-order valence-electron chi connectivity index (χ3n) is 7.38. The number of ether oxygens (including phenoxy) is 1. The number of urea groups is 1. The molecule has 2 amide bonds. The van der Waals surface area contributed by atoms with Gasteiger partial charge in [-0.25, -0.2) is 4.79 Å². The van der Waals surface area contributed by atoms with Gasteiger partial charge < -0.3 is 10.1 Å². The van der Waals surface area contributed by atoms with E-state index in [1.165, 1.54) is 22.3 Å². The fraction of sp³-hybridized carbons (Fsp3) is 0.345. The van der Waals surface area contributed by atoms with Crippen molar-refractivity contribution >= 4 is 17.4 Å². The van der Waals surface area contributed by atoms with Crippen LogP contribution in [0.4, 0.5) is 16.2 Å². The number of rotatable bonds is 4. The van der Waals surface area contributed by atoms with Gasteiger partial charge in [-0.1, -0.05) is 47.5 Å². The van der Waals surface area contributed by atoms with E-state index in [0.29, 0.717) is 0 Å². The Labute approximate surface area is 202 Å². The van der Waals surface area contributed by atoms with Gasteiger partial charge in [-0.15, -0.1) is 0 Å². The molecule has 1 N–H and O–H groups in total. The highest BCUT2D eigenvalue weighted by molar-refractivity contribution is 6.03. The van der Waals surface area contributed by atoms with E-state index in [2.05, 4.69) is 60.5 Å². The van der Waals surface area contributed by atoms with Gasteiger partial charge in [0.1, 0.15) is 5.75 Å². The zero-order chi connectivity index (χ0) is 23.7. The average Bonchev–Trinajstić information content (AvgIpc) is 3.15. The van der Waals surface area contributed by atoms with Gasteiger partial charge in [-0.2, -0.15) is 0 Å². The number of hydrogen-bond donors (Lipinski definition) is 1. The number of hydrogen-bond acceptors (Lipinski definition) is 3. The molecule has 0 saturated carbocycles. The molecule has 2 aliphatic rings. The van der Waals surface area contributed by atoms with Crippen LogP contribution in [0.2, 0.25) is 0 Å². The second-order valence-corrected chi connectivity index (χ2v) is 9.81. The molecule has 3 aromatic rings. The highest BCUT2D eigenvalue weighted by atomic mass is 16.5. The van der Waals surface area contributed by atoms with Crippen LogP contribution >= 0.6 is 0 Å². The minimum atomic E-state index is -0.0513. The molecule has 0 bridgehead atoms. The van der Waals surface area contributed by atoms with Gasteiger partial charge in [0.15, 0.2) is 0 Å². The van der Waals surface area contributed by atoms with Crippen LogP contribution in [0.3, 0.4) is 0 Å². The molecule has 3 aromatic carbocycles. The highest BCUT2D eigenvalue weighted by Gasteiger charge is 2.46. The van der Waals surface area contributed by atoms with Crippen molar-refractivity contribution in [2.75, 3.05) is 37.0 Å². The van der Waals surface area contributed by atoms with Crippen molar-refractivity contribution in [3.05, 3.63) is 89.0 Å². The molecular weight excluding hydrogens is 422 g/mol. The first-order chi connectivity index (χ1) is 16.5. The van der Waals surface area contributed by atoms with Gasteiger partial charge in [0.25, 0.3) is 0 Å². The lowest BCUT2D eigenvalue weighted by atomic mass is 9.74. The fourth-order valence-electron chi connectivity index (χ4n) is 5.39. The molecule has 2 heterocycles. The van der Waals surface area contributed by atoms with Gasteiger partial charge in [0.05, 0.1) is 7.11 Å². The molecule has 2 aliphatic heterocycles. The van der Waals surface area contributed by atoms with Crippen molar-refractivity contribution in [3.63, 3.8) is 0 Å². The Balaban J connectivity index is 1.33. The zero-order valence-electron chi connectivity index (χ0n) is 20.3. The van der Waals surface area contributed by atoms with Gasteiger partial charge in [-0.05, 0) is 81.2 Å². The van der Waals surface area contributed by atoms with Gasteiger partial charge in [0.2, 0.25) is 0 Å². The molecule has 34 heavy (non-hydrogen) atoms. The molecule has 1 fully saturated rings. The Morgan fingerprint density at radius 1 is 0.971 bits per heavy atom. The van der Waals surface area contributed by atoms with Crippen molar-refractivity contribution < 1.29 is 9.53 Å². The summed E-state index contributed by atoms with van der Waals surface area (Å²) in [6.45, 7) is 7.87. The molecule has 176 valence electrons. The number of amides is 2. The normalized spacial score (nSPS) is 17.0. The maximum Gasteiger partial charge on any atom is 0.326 e. The summed E-state index contributed by atoms with van der Waals surface area (Å²) in [5.41, 5.74) is 6.92. The number of likely N-dealkylation sites (tertiary alicyclic amines) is 1. The first-order valence-electron chi connectivity index (χ1n) is 12.1. The van der Waals surface area contributed by atoms with Crippen LogP contribution in [0.15, 0.2) is 66.7 Å². The van der Waals surface area contributed by atoms with Crippen molar-refractivity contribution in [1.29, 1.82) is 0 Å². The van der Waals surface area contributed by atoms with Crippen molar-refractivity contribution in [1.82, 2.24) is 4.90 Å². The number of benzene rings is 3. The summed E-state index contributed by atoms with van der Waals surface area (Å²) in [7, 11) is 1.71. The van der Waals surface area contributed by atoms with Crippen LogP contribution in [0, 0.1) is 13.8 Å². The van der Waals surface area contributed by atoms with E-state index in [1.54, 1.807) is 7.11 Å². The Hall–Kier alpha value is -3.31. The Morgan fingerprint density at radius 3 is 2.44 bits per heavy atom. The lowest BCUT2D eigenvalue weighted by Gasteiger charge is -2.40. The second-order valence-electron chi connectivity index (χ2n) is 9.81. The largest absolute Gasteiger partial charge is 0.497 e. The molecule has 0 unspecified atom stereocenters. The Bertz CT molecular complexity index is 1180. The summed E-state index contributed by atoms with van der Waals surface area (Å²) < 4.78 is 5.39. The lowest BCUT2D eigenvalue weighted by molar-refractivity contribution is 0.160. The lowest BCUT2D eigenvalue weighted by Crippen LogP contribution is -2.46. The maximum atomic E-state index is 13.3. The number of aryl methyl sites for hydroxylation is 2. The Kier molecular flexibility index (Phi) is 6.05. The predicted octanol–water partition coefficient (Wildman–Crippen LogP) is 5.90. The number of methoxy groups -OCH3 is 1. The smallest absolute Gasteiger partial charge is 0.326 e. The summed E-state index contributed by atoms with van der Waals surface area (Å²) in [6, 6.07) is 22.8. The molecule has 0 aromatic heterocycles. The molecule has 1 saturated heterocycles. The first kappa shape index (κ1) is 22.5. The number of piperidine rings is 1. The average molecular weight is 456 g/mol. The van der Waals surface area contributed by atoms with Gasteiger partial charge >= 0.3 is 6.03 Å². The maximum absolute atomic E-state index is 13.3. The second kappa shape index (κ2) is 9.15. The van der Waals surface area contributed by atoms with E-state index < -0.39 is 0 Å². The van der Waals surface area contributed by atoms with Crippen molar-refractivity contribution in [3.8, 4) is 5.75 Å². The standard InChI is InChI=1S/C29H33N3O2/c1-21-7-10-24(11-8-21)30-28(33)32-20-29(26-17-22(2)9-12-27(26)32)13-15-31(16-14-29)19-23-5-4-6-25(18-23)34-3/h4-12,17-18H,13-16,19-20H2,1-3H3,(H,30,33). The van der Waals surface area contributed by atoms with E-state index in [0.717, 1.165) is 56.1 Å². The van der Waals surface area contributed by atoms with Crippen molar-refractivity contribution in [2.24, 2.45) is 0 Å². The zero-order valence-corrected chi connectivity index (χ0v) is 20.3. The van der Waals surface area contributed by atoms with Gasteiger partial charge in [0, 0.05) is 29.9 Å². The third kappa shape index (κ3) is 4.40. The van der Waals surface area contributed by atoms with Crippen LogP contribution in [-0.2, 0) is 12.0 Å². The Morgan fingerprint density at radius 2 is 1.71 bits per heavy atom. The monoisotopic (exact) mass is 455 g/mol. The van der Waals surface area contributed by atoms with Crippen LogP contribution < -0.4 is 15.0 Å². The minimum absolute atomic E-state index is 0.0108. The summed E-state index contributed by atoms with van der Waals surface area (Å²) in [4.78, 5) is 17.8. The fourth-order valence-corrected chi connectivity index (χ4v) is 5.39. The van der Waals surface area contributed by atoms with Crippen molar-refractivity contribution in [2.45, 2.75) is 38.6 Å². The number of nitrogens with zero attached hydrogens (tertiary/aromatic N) is 2. The molecule has 1 spiro atoms.